The molecule has 0 aliphatic rings. The Balaban J connectivity index is 1.72. The van der Waals surface area contributed by atoms with Gasteiger partial charge in [0.05, 0.1) is 18.0 Å². The summed E-state index contributed by atoms with van der Waals surface area (Å²) in [4.78, 5) is 25.3. The Morgan fingerprint density at radius 3 is 2.75 bits per heavy atom. The summed E-state index contributed by atoms with van der Waals surface area (Å²) >= 11 is 1.53. The van der Waals surface area contributed by atoms with Crippen LogP contribution in [0.5, 0.6) is 5.75 Å². The lowest BCUT2D eigenvalue weighted by Crippen LogP contribution is -2.32. The minimum Gasteiger partial charge on any atom is -0.497 e. The first-order chi connectivity index (χ1) is 15.5. The molecule has 0 atom stereocenters. The molecule has 0 unspecified atom stereocenters. The molecule has 2 aromatic heterocycles. The van der Waals surface area contributed by atoms with Crippen molar-refractivity contribution in [1.82, 2.24) is 24.5 Å². The third-order valence-corrected chi connectivity index (χ3v) is 5.99. The molecule has 32 heavy (non-hydrogen) atoms. The van der Waals surface area contributed by atoms with E-state index in [0.717, 1.165) is 16.8 Å². The van der Waals surface area contributed by atoms with E-state index in [1.165, 1.54) is 16.3 Å². The van der Waals surface area contributed by atoms with Crippen LogP contribution in [0.2, 0.25) is 0 Å². The SMILES string of the molecule is COc1cccc(CSc2nnc3n(CCC(=O)NC(C)C)c(=O)c4ccccc4n23)c1. The monoisotopic (exact) mass is 451 g/mol. The van der Waals surface area contributed by atoms with E-state index in [9.17, 15) is 9.59 Å². The number of benzene rings is 2. The maximum Gasteiger partial charge on any atom is 0.262 e. The fraction of sp³-hybridized carbons (Fsp3) is 0.304. The fourth-order valence-electron chi connectivity index (χ4n) is 3.55. The van der Waals surface area contributed by atoms with E-state index in [2.05, 4.69) is 15.5 Å². The van der Waals surface area contributed by atoms with Gasteiger partial charge in [-0.2, -0.15) is 0 Å². The molecule has 9 heteroatoms. The van der Waals surface area contributed by atoms with Gasteiger partial charge in [-0.1, -0.05) is 36.0 Å². The summed E-state index contributed by atoms with van der Waals surface area (Å²) in [6, 6.07) is 15.3. The number of nitrogens with one attached hydrogen (secondary N) is 1. The van der Waals surface area contributed by atoms with Gasteiger partial charge in [0.2, 0.25) is 11.7 Å². The molecule has 2 aromatic carbocycles. The Kier molecular flexibility index (Phi) is 6.45. The van der Waals surface area contributed by atoms with Crippen LogP contribution in [0, 0.1) is 0 Å². The molecule has 4 rings (SSSR count). The number of nitrogens with zero attached hydrogens (tertiary/aromatic N) is 4. The highest BCUT2D eigenvalue weighted by Crippen LogP contribution is 2.26. The van der Waals surface area contributed by atoms with Gasteiger partial charge in [0, 0.05) is 24.8 Å². The smallest absolute Gasteiger partial charge is 0.262 e. The van der Waals surface area contributed by atoms with Gasteiger partial charge in [0.15, 0.2) is 5.16 Å². The number of rotatable bonds is 8. The number of ether oxygens (including phenoxy) is 1. The number of para-hydroxylation sites is 1. The Hall–Kier alpha value is -3.33. The van der Waals surface area contributed by atoms with Gasteiger partial charge in [-0.25, -0.2) is 0 Å². The topological polar surface area (TPSA) is 90.5 Å². The first-order valence-electron chi connectivity index (χ1n) is 10.4. The molecule has 1 amide bonds. The van der Waals surface area contributed by atoms with Crippen LogP contribution in [-0.2, 0) is 17.1 Å². The molecule has 166 valence electrons. The first-order valence-corrected chi connectivity index (χ1v) is 11.4. The molecule has 0 radical (unpaired) electrons. The zero-order valence-electron chi connectivity index (χ0n) is 18.2. The number of fused-ring (bicyclic) bond motifs is 3. The molecule has 0 aliphatic heterocycles. The van der Waals surface area contributed by atoms with Crippen molar-refractivity contribution in [3.63, 3.8) is 0 Å². The number of aryl methyl sites for hydroxylation is 1. The van der Waals surface area contributed by atoms with Crippen LogP contribution in [-0.4, -0.2) is 38.2 Å². The fourth-order valence-corrected chi connectivity index (χ4v) is 4.43. The van der Waals surface area contributed by atoms with E-state index in [-0.39, 0.29) is 30.5 Å². The lowest BCUT2D eigenvalue weighted by Gasteiger charge is -2.12. The Bertz CT molecular complexity index is 1330. The van der Waals surface area contributed by atoms with Crippen molar-refractivity contribution in [3.05, 3.63) is 64.4 Å². The summed E-state index contributed by atoms with van der Waals surface area (Å²) in [5.74, 6) is 1.79. The second-order valence-electron chi connectivity index (χ2n) is 7.70. The van der Waals surface area contributed by atoms with Gasteiger partial charge in [-0.3, -0.25) is 18.6 Å². The van der Waals surface area contributed by atoms with Crippen LogP contribution in [0.1, 0.15) is 25.8 Å². The van der Waals surface area contributed by atoms with Gasteiger partial charge in [-0.05, 0) is 43.7 Å². The molecule has 1 N–H and O–H groups in total. The number of amides is 1. The molecular weight excluding hydrogens is 426 g/mol. The lowest BCUT2D eigenvalue weighted by molar-refractivity contribution is -0.121. The minimum atomic E-state index is -0.179. The standard InChI is InChI=1S/C23H25N5O3S/c1-15(2)24-20(29)11-12-27-21(30)18-9-4-5-10-19(18)28-22(27)25-26-23(28)32-14-16-7-6-8-17(13-16)31-3/h4-10,13,15H,11-12,14H2,1-3H3,(H,24,29). The highest BCUT2D eigenvalue weighted by atomic mass is 32.2. The minimum absolute atomic E-state index is 0.0450. The average molecular weight is 452 g/mol. The summed E-state index contributed by atoms with van der Waals surface area (Å²) in [5.41, 5.74) is 1.66. The van der Waals surface area contributed by atoms with Gasteiger partial charge >= 0.3 is 0 Å². The van der Waals surface area contributed by atoms with E-state index in [1.807, 2.05) is 60.7 Å². The highest BCUT2D eigenvalue weighted by molar-refractivity contribution is 7.98. The van der Waals surface area contributed by atoms with Gasteiger partial charge < -0.3 is 10.1 Å². The molecule has 0 spiro atoms. The maximum atomic E-state index is 13.2. The zero-order chi connectivity index (χ0) is 22.7. The molecular formula is C23H25N5O3S. The third-order valence-electron chi connectivity index (χ3n) is 4.99. The van der Waals surface area contributed by atoms with Crippen LogP contribution in [0.4, 0.5) is 0 Å². The Morgan fingerprint density at radius 1 is 1.16 bits per heavy atom. The normalized spacial score (nSPS) is 11.4. The van der Waals surface area contributed by atoms with E-state index in [0.29, 0.717) is 22.1 Å². The van der Waals surface area contributed by atoms with E-state index >= 15 is 0 Å². The largest absolute Gasteiger partial charge is 0.497 e. The van der Waals surface area contributed by atoms with Crippen molar-refractivity contribution in [2.24, 2.45) is 0 Å². The molecule has 0 saturated heterocycles. The molecule has 4 aromatic rings. The van der Waals surface area contributed by atoms with Crippen LogP contribution in [0.15, 0.2) is 58.5 Å². The van der Waals surface area contributed by atoms with Crippen molar-refractivity contribution >= 4 is 34.3 Å². The predicted molar refractivity (Wildman–Crippen MR) is 125 cm³/mol. The zero-order valence-corrected chi connectivity index (χ0v) is 19.1. The predicted octanol–water partition coefficient (Wildman–Crippen LogP) is 3.26. The average Bonchev–Trinajstić information content (AvgIpc) is 3.21. The second-order valence-corrected chi connectivity index (χ2v) is 8.65. The molecule has 0 saturated carbocycles. The van der Waals surface area contributed by atoms with Crippen LogP contribution < -0.4 is 15.6 Å². The van der Waals surface area contributed by atoms with Gasteiger partial charge in [0.1, 0.15) is 5.75 Å². The van der Waals surface area contributed by atoms with Gasteiger partial charge in [-0.15, -0.1) is 10.2 Å². The number of aromatic nitrogens is 4. The van der Waals surface area contributed by atoms with E-state index in [4.69, 9.17) is 4.74 Å². The number of methoxy groups -OCH3 is 1. The van der Waals surface area contributed by atoms with Crippen molar-refractivity contribution in [2.45, 2.75) is 43.8 Å². The van der Waals surface area contributed by atoms with Crippen LogP contribution >= 0.6 is 11.8 Å². The quantitative estimate of drug-likeness (QED) is 0.414. The van der Waals surface area contributed by atoms with Crippen molar-refractivity contribution < 1.29 is 9.53 Å². The number of hydrogen-bond acceptors (Lipinski definition) is 6. The summed E-state index contributed by atoms with van der Waals surface area (Å²) in [6.07, 6.45) is 0.186. The van der Waals surface area contributed by atoms with E-state index < -0.39 is 0 Å². The maximum absolute atomic E-state index is 13.2. The number of carbonyl (C=O) groups excluding carboxylic acids is 1. The Labute approximate surface area is 189 Å². The number of hydrogen-bond donors (Lipinski definition) is 1. The summed E-state index contributed by atoms with van der Waals surface area (Å²) in [7, 11) is 1.64. The van der Waals surface area contributed by atoms with Crippen molar-refractivity contribution in [3.8, 4) is 5.75 Å². The summed E-state index contributed by atoms with van der Waals surface area (Å²) < 4.78 is 8.73. The van der Waals surface area contributed by atoms with Gasteiger partial charge in [0.25, 0.3) is 5.56 Å². The molecule has 0 bridgehead atoms. The molecule has 0 fully saturated rings. The van der Waals surface area contributed by atoms with E-state index in [1.54, 1.807) is 13.2 Å². The second kappa shape index (κ2) is 9.44. The third kappa shape index (κ3) is 4.47. The van der Waals surface area contributed by atoms with Crippen LogP contribution in [0.25, 0.3) is 16.7 Å². The molecule has 2 heterocycles. The van der Waals surface area contributed by atoms with Crippen LogP contribution in [0.3, 0.4) is 0 Å². The molecule has 8 nitrogen and oxygen atoms in total. The van der Waals surface area contributed by atoms with Crippen molar-refractivity contribution in [1.29, 1.82) is 0 Å². The first kappa shape index (κ1) is 21.9. The summed E-state index contributed by atoms with van der Waals surface area (Å²) in [6.45, 7) is 4.04. The molecule has 0 aliphatic carbocycles. The number of thioether (sulfide) groups is 1. The van der Waals surface area contributed by atoms with Crippen molar-refractivity contribution in [2.75, 3.05) is 7.11 Å². The highest BCUT2D eigenvalue weighted by Gasteiger charge is 2.17. The number of carbonyl (C=O) groups is 1. The lowest BCUT2D eigenvalue weighted by atomic mass is 10.2. The Morgan fingerprint density at radius 2 is 1.97 bits per heavy atom. The summed E-state index contributed by atoms with van der Waals surface area (Å²) in [5, 5.41) is 12.8.